The van der Waals surface area contributed by atoms with E-state index in [0.717, 1.165) is 12.0 Å². The van der Waals surface area contributed by atoms with E-state index in [2.05, 4.69) is 35.8 Å². The van der Waals surface area contributed by atoms with Crippen LogP contribution in [0.25, 0.3) is 6.08 Å². The Morgan fingerprint density at radius 3 is 2.50 bits per heavy atom. The Morgan fingerprint density at radius 2 is 1.94 bits per heavy atom. The molecular weight excluding hydrogens is 228 g/mol. The average Bonchev–Trinajstić information content (AvgIpc) is 2.35. The summed E-state index contributed by atoms with van der Waals surface area (Å²) in [5.41, 5.74) is 2.29. The molecule has 98 valence electrons. The number of carbonyl (C=O) groups is 1. The fraction of sp³-hybridized carbons (Fsp3) is 0.400. The molecule has 0 bridgehead atoms. The van der Waals surface area contributed by atoms with E-state index in [1.54, 1.807) is 6.08 Å². The molecule has 0 heterocycles. The number of hydrogen-bond donors (Lipinski definition) is 0. The maximum absolute atomic E-state index is 11.0. The molecule has 1 rings (SSSR count). The van der Waals surface area contributed by atoms with Gasteiger partial charge >= 0.3 is 5.97 Å². The van der Waals surface area contributed by atoms with Gasteiger partial charge in [-0.1, -0.05) is 38.1 Å². The SMILES string of the molecule is COOC(=O)C=Cc1ccc(CCC(C)C)cc1. The third kappa shape index (κ3) is 5.64. The molecule has 0 aromatic heterocycles. The molecule has 0 aliphatic rings. The van der Waals surface area contributed by atoms with Crippen molar-refractivity contribution in [2.75, 3.05) is 7.11 Å². The van der Waals surface area contributed by atoms with Gasteiger partial charge in [0.05, 0.1) is 7.11 Å². The normalized spacial score (nSPS) is 11.1. The first-order valence-corrected chi connectivity index (χ1v) is 6.13. The molecule has 0 atom stereocenters. The standard InChI is InChI=1S/C15H20O3/c1-12(2)4-5-13-6-8-14(9-7-13)10-11-15(16)18-17-3/h6-12H,4-5H2,1-3H3. The number of hydrogen-bond acceptors (Lipinski definition) is 3. The quantitative estimate of drug-likeness (QED) is 0.440. The monoisotopic (exact) mass is 248 g/mol. The van der Waals surface area contributed by atoms with Crippen LogP contribution in [0.1, 0.15) is 31.4 Å². The summed E-state index contributed by atoms with van der Waals surface area (Å²) in [6, 6.07) is 8.16. The van der Waals surface area contributed by atoms with Crippen molar-refractivity contribution < 1.29 is 14.6 Å². The van der Waals surface area contributed by atoms with Gasteiger partial charge in [0.15, 0.2) is 0 Å². The summed E-state index contributed by atoms with van der Waals surface area (Å²) in [4.78, 5) is 19.6. The summed E-state index contributed by atoms with van der Waals surface area (Å²) < 4.78 is 0. The number of carbonyl (C=O) groups excluding carboxylic acids is 1. The van der Waals surface area contributed by atoms with Crippen LogP contribution in [0.2, 0.25) is 0 Å². The Bertz CT molecular complexity index is 391. The minimum absolute atomic E-state index is 0.513. The van der Waals surface area contributed by atoms with Gasteiger partial charge in [0.2, 0.25) is 0 Å². The third-order valence-corrected chi connectivity index (χ3v) is 2.57. The highest BCUT2D eigenvalue weighted by Crippen LogP contribution is 2.11. The second-order valence-corrected chi connectivity index (χ2v) is 4.58. The van der Waals surface area contributed by atoms with E-state index < -0.39 is 5.97 Å². The van der Waals surface area contributed by atoms with E-state index in [1.165, 1.54) is 25.2 Å². The lowest BCUT2D eigenvalue weighted by Crippen LogP contribution is -1.97. The summed E-state index contributed by atoms with van der Waals surface area (Å²) in [5, 5.41) is 0. The summed E-state index contributed by atoms with van der Waals surface area (Å²) in [7, 11) is 1.30. The van der Waals surface area contributed by atoms with Gasteiger partial charge in [-0.15, -0.1) is 0 Å². The van der Waals surface area contributed by atoms with E-state index in [4.69, 9.17) is 0 Å². The molecule has 0 unspecified atom stereocenters. The van der Waals surface area contributed by atoms with Gasteiger partial charge in [-0.25, -0.2) is 4.79 Å². The van der Waals surface area contributed by atoms with Gasteiger partial charge in [-0.3, -0.25) is 4.89 Å². The predicted octanol–water partition coefficient (Wildman–Crippen LogP) is 3.39. The van der Waals surface area contributed by atoms with E-state index in [1.807, 2.05) is 12.1 Å². The van der Waals surface area contributed by atoms with Crippen molar-refractivity contribution in [3.8, 4) is 0 Å². The molecule has 0 saturated carbocycles. The van der Waals surface area contributed by atoms with E-state index in [-0.39, 0.29) is 0 Å². The molecule has 0 aliphatic carbocycles. The number of rotatable bonds is 6. The first kappa shape index (κ1) is 14.5. The Labute approximate surface area is 108 Å². The highest BCUT2D eigenvalue weighted by atomic mass is 17.2. The van der Waals surface area contributed by atoms with Crippen LogP contribution in [0, 0.1) is 5.92 Å². The van der Waals surface area contributed by atoms with Crippen LogP contribution >= 0.6 is 0 Å². The van der Waals surface area contributed by atoms with Gasteiger partial charge in [0, 0.05) is 6.08 Å². The molecular formula is C15H20O3. The minimum atomic E-state index is -0.513. The van der Waals surface area contributed by atoms with Gasteiger partial charge in [-0.05, 0) is 36.0 Å². The largest absolute Gasteiger partial charge is 0.365 e. The zero-order chi connectivity index (χ0) is 13.4. The molecule has 0 radical (unpaired) electrons. The van der Waals surface area contributed by atoms with Gasteiger partial charge in [0.25, 0.3) is 0 Å². The van der Waals surface area contributed by atoms with E-state index in [0.29, 0.717) is 5.92 Å². The predicted molar refractivity (Wildman–Crippen MR) is 71.7 cm³/mol. The Kier molecular flexibility index (Phi) is 6.15. The van der Waals surface area contributed by atoms with Crippen LogP contribution in [-0.4, -0.2) is 13.1 Å². The van der Waals surface area contributed by atoms with E-state index in [9.17, 15) is 4.79 Å². The van der Waals surface area contributed by atoms with Crippen molar-refractivity contribution >= 4 is 12.0 Å². The molecule has 0 fully saturated rings. The lowest BCUT2D eigenvalue weighted by Gasteiger charge is -2.04. The lowest BCUT2D eigenvalue weighted by atomic mass is 10.0. The molecule has 1 aromatic rings. The van der Waals surface area contributed by atoms with Crippen LogP contribution in [-0.2, 0) is 21.0 Å². The molecule has 3 nitrogen and oxygen atoms in total. The highest BCUT2D eigenvalue weighted by Gasteiger charge is 1.98. The minimum Gasteiger partial charge on any atom is -0.294 e. The summed E-state index contributed by atoms with van der Waals surface area (Å²) in [5.74, 6) is 0.203. The van der Waals surface area contributed by atoms with Crippen molar-refractivity contribution in [2.24, 2.45) is 5.92 Å². The van der Waals surface area contributed by atoms with Crippen LogP contribution in [0.4, 0.5) is 0 Å². The summed E-state index contributed by atoms with van der Waals surface area (Å²) in [6.07, 6.45) is 5.32. The Balaban J connectivity index is 2.52. The average molecular weight is 248 g/mol. The molecule has 18 heavy (non-hydrogen) atoms. The highest BCUT2D eigenvalue weighted by molar-refractivity contribution is 5.86. The smallest absolute Gasteiger partial charge is 0.294 e. The fourth-order valence-corrected chi connectivity index (χ4v) is 1.52. The van der Waals surface area contributed by atoms with Gasteiger partial charge < -0.3 is 0 Å². The van der Waals surface area contributed by atoms with Crippen molar-refractivity contribution in [3.05, 3.63) is 41.5 Å². The lowest BCUT2D eigenvalue weighted by molar-refractivity contribution is -0.249. The van der Waals surface area contributed by atoms with Crippen LogP contribution in [0.15, 0.2) is 30.3 Å². The molecule has 0 amide bonds. The van der Waals surface area contributed by atoms with Crippen molar-refractivity contribution in [1.29, 1.82) is 0 Å². The van der Waals surface area contributed by atoms with Gasteiger partial charge in [0.1, 0.15) is 0 Å². The first-order chi connectivity index (χ1) is 8.61. The summed E-state index contributed by atoms with van der Waals surface area (Å²) >= 11 is 0. The van der Waals surface area contributed by atoms with Crippen LogP contribution in [0.5, 0.6) is 0 Å². The second-order valence-electron chi connectivity index (χ2n) is 4.58. The zero-order valence-electron chi connectivity index (χ0n) is 11.2. The molecule has 1 aromatic carbocycles. The van der Waals surface area contributed by atoms with Gasteiger partial charge in [-0.2, -0.15) is 4.89 Å². The molecule has 0 spiro atoms. The fourth-order valence-electron chi connectivity index (χ4n) is 1.52. The van der Waals surface area contributed by atoms with Crippen LogP contribution in [0.3, 0.4) is 0 Å². The van der Waals surface area contributed by atoms with Crippen molar-refractivity contribution in [2.45, 2.75) is 26.7 Å². The second kappa shape index (κ2) is 7.67. The molecule has 0 N–H and O–H groups in total. The van der Waals surface area contributed by atoms with E-state index >= 15 is 0 Å². The first-order valence-electron chi connectivity index (χ1n) is 6.13. The Morgan fingerprint density at radius 1 is 1.28 bits per heavy atom. The maximum Gasteiger partial charge on any atom is 0.365 e. The van der Waals surface area contributed by atoms with Crippen LogP contribution < -0.4 is 0 Å². The summed E-state index contributed by atoms with van der Waals surface area (Å²) in [6.45, 7) is 4.44. The molecule has 0 saturated heterocycles. The molecule has 3 heteroatoms. The number of aryl methyl sites for hydroxylation is 1. The Hall–Kier alpha value is -1.61. The van der Waals surface area contributed by atoms with Crippen molar-refractivity contribution in [1.82, 2.24) is 0 Å². The van der Waals surface area contributed by atoms with Crippen molar-refractivity contribution in [3.63, 3.8) is 0 Å². The number of benzene rings is 1. The zero-order valence-corrected chi connectivity index (χ0v) is 11.2. The third-order valence-electron chi connectivity index (χ3n) is 2.57. The topological polar surface area (TPSA) is 35.5 Å². The molecule has 0 aliphatic heterocycles. The maximum atomic E-state index is 11.0.